The van der Waals surface area contributed by atoms with Crippen molar-refractivity contribution in [3.63, 3.8) is 0 Å². The minimum absolute atomic E-state index is 0.0272. The number of benzene rings is 2. The molecule has 2 aliphatic rings. The van der Waals surface area contributed by atoms with Crippen molar-refractivity contribution < 1.29 is 14.4 Å². The van der Waals surface area contributed by atoms with Gasteiger partial charge in [0.1, 0.15) is 12.1 Å². The molecule has 0 aliphatic carbocycles. The van der Waals surface area contributed by atoms with Crippen LogP contribution in [0.1, 0.15) is 25.0 Å². The van der Waals surface area contributed by atoms with Crippen molar-refractivity contribution in [2.24, 2.45) is 0 Å². The van der Waals surface area contributed by atoms with E-state index in [1.165, 1.54) is 0 Å². The number of anilines is 1. The smallest absolute Gasteiger partial charge is 0.319 e. The van der Waals surface area contributed by atoms with Gasteiger partial charge in [0.25, 0.3) is 5.91 Å². The highest BCUT2D eigenvalue weighted by molar-refractivity contribution is 6.32. The third-order valence-corrected chi connectivity index (χ3v) is 5.79. The SMILES string of the molecule is CC1Cc2ccccc2N1C(=O)CN1C(=O)NC(C)(c2ccccc2Cl)C1=O. The van der Waals surface area contributed by atoms with E-state index in [1.807, 2.05) is 31.2 Å². The van der Waals surface area contributed by atoms with Crippen molar-refractivity contribution in [2.45, 2.75) is 31.8 Å². The fourth-order valence-electron chi connectivity index (χ4n) is 4.05. The first-order chi connectivity index (χ1) is 13.3. The zero-order chi connectivity index (χ0) is 20.1. The first-order valence-electron chi connectivity index (χ1n) is 9.12. The molecule has 1 fully saturated rings. The summed E-state index contributed by atoms with van der Waals surface area (Å²) in [4.78, 5) is 41.3. The maximum absolute atomic E-state index is 13.1. The summed E-state index contributed by atoms with van der Waals surface area (Å²) in [7, 11) is 0. The molecule has 2 heterocycles. The molecule has 4 rings (SSSR count). The molecule has 0 aromatic heterocycles. The second kappa shape index (κ2) is 6.63. The number of fused-ring (bicyclic) bond motifs is 1. The largest absolute Gasteiger partial charge is 0.325 e. The Morgan fingerprint density at radius 1 is 1.18 bits per heavy atom. The lowest BCUT2D eigenvalue weighted by molar-refractivity contribution is -0.134. The van der Waals surface area contributed by atoms with E-state index in [1.54, 1.807) is 36.1 Å². The fourth-order valence-corrected chi connectivity index (χ4v) is 4.37. The summed E-state index contributed by atoms with van der Waals surface area (Å²) in [5.74, 6) is -0.775. The van der Waals surface area contributed by atoms with E-state index < -0.39 is 17.5 Å². The predicted octanol–water partition coefficient (Wildman–Crippen LogP) is 3.08. The molecule has 2 aromatic carbocycles. The van der Waals surface area contributed by atoms with Crippen molar-refractivity contribution in [3.8, 4) is 0 Å². The van der Waals surface area contributed by atoms with Crippen LogP contribution in [-0.2, 0) is 21.5 Å². The van der Waals surface area contributed by atoms with Gasteiger partial charge in [-0.25, -0.2) is 4.79 Å². The molecule has 2 unspecified atom stereocenters. The van der Waals surface area contributed by atoms with Crippen molar-refractivity contribution >= 4 is 35.1 Å². The van der Waals surface area contributed by atoms with Gasteiger partial charge in [0.2, 0.25) is 5.91 Å². The molecule has 144 valence electrons. The van der Waals surface area contributed by atoms with Gasteiger partial charge in [-0.15, -0.1) is 0 Å². The quantitative estimate of drug-likeness (QED) is 0.809. The Morgan fingerprint density at radius 2 is 1.86 bits per heavy atom. The van der Waals surface area contributed by atoms with Gasteiger partial charge in [-0.05, 0) is 38.0 Å². The van der Waals surface area contributed by atoms with Crippen molar-refractivity contribution in [1.29, 1.82) is 0 Å². The number of hydrogen-bond donors (Lipinski definition) is 1. The summed E-state index contributed by atoms with van der Waals surface area (Å²) in [6.45, 7) is 3.24. The Balaban J connectivity index is 1.59. The minimum Gasteiger partial charge on any atom is -0.319 e. The van der Waals surface area contributed by atoms with Gasteiger partial charge in [0, 0.05) is 22.3 Å². The van der Waals surface area contributed by atoms with Gasteiger partial charge in [0.15, 0.2) is 0 Å². The maximum atomic E-state index is 13.1. The van der Waals surface area contributed by atoms with Gasteiger partial charge in [-0.3, -0.25) is 14.5 Å². The minimum atomic E-state index is -1.30. The van der Waals surface area contributed by atoms with Gasteiger partial charge < -0.3 is 10.2 Å². The number of halogens is 1. The Hall–Kier alpha value is -2.86. The van der Waals surface area contributed by atoms with Crippen LogP contribution in [0.25, 0.3) is 0 Å². The van der Waals surface area contributed by atoms with Crippen LogP contribution in [0.5, 0.6) is 0 Å². The number of nitrogens with one attached hydrogen (secondary N) is 1. The van der Waals surface area contributed by atoms with Crippen LogP contribution < -0.4 is 10.2 Å². The van der Waals surface area contributed by atoms with E-state index in [9.17, 15) is 14.4 Å². The van der Waals surface area contributed by atoms with E-state index in [0.29, 0.717) is 10.6 Å². The number of amides is 4. The van der Waals surface area contributed by atoms with Crippen LogP contribution in [0.15, 0.2) is 48.5 Å². The summed E-state index contributed by atoms with van der Waals surface area (Å²) in [6.07, 6.45) is 0.749. The van der Waals surface area contributed by atoms with Gasteiger partial charge in [-0.2, -0.15) is 0 Å². The zero-order valence-electron chi connectivity index (χ0n) is 15.6. The predicted molar refractivity (Wildman–Crippen MR) is 106 cm³/mol. The number of rotatable bonds is 3. The highest BCUT2D eigenvalue weighted by atomic mass is 35.5. The average Bonchev–Trinajstić information content (AvgIpc) is 3.10. The Kier molecular flexibility index (Phi) is 4.38. The molecule has 0 radical (unpaired) electrons. The van der Waals surface area contributed by atoms with Crippen LogP contribution in [0, 0.1) is 0 Å². The number of hydrogen-bond acceptors (Lipinski definition) is 3. The lowest BCUT2D eigenvalue weighted by atomic mass is 9.92. The lowest BCUT2D eigenvalue weighted by Crippen LogP contribution is -2.46. The molecular weight excluding hydrogens is 378 g/mol. The lowest BCUT2D eigenvalue weighted by Gasteiger charge is -2.26. The molecule has 0 bridgehead atoms. The normalized spacial score (nSPS) is 23.8. The first-order valence-corrected chi connectivity index (χ1v) is 9.50. The number of urea groups is 1. The molecule has 2 atom stereocenters. The van der Waals surface area contributed by atoms with E-state index in [4.69, 9.17) is 11.6 Å². The highest BCUT2D eigenvalue weighted by Gasteiger charge is 2.50. The molecule has 7 heteroatoms. The second-order valence-corrected chi connectivity index (χ2v) is 7.78. The van der Waals surface area contributed by atoms with E-state index in [-0.39, 0.29) is 18.5 Å². The molecule has 2 aliphatic heterocycles. The molecule has 1 saturated heterocycles. The number of nitrogens with zero attached hydrogens (tertiary/aromatic N) is 2. The molecular formula is C21H20ClN3O3. The molecule has 4 amide bonds. The second-order valence-electron chi connectivity index (χ2n) is 7.37. The summed E-state index contributed by atoms with van der Waals surface area (Å²) < 4.78 is 0. The van der Waals surface area contributed by atoms with E-state index in [0.717, 1.165) is 22.6 Å². The number of carbonyl (C=O) groups is 3. The third-order valence-electron chi connectivity index (χ3n) is 5.46. The Morgan fingerprint density at radius 3 is 2.61 bits per heavy atom. The van der Waals surface area contributed by atoms with Crippen LogP contribution >= 0.6 is 11.6 Å². The summed E-state index contributed by atoms with van der Waals surface area (Å²) in [5.41, 5.74) is 1.12. The molecule has 1 N–H and O–H groups in total. The van der Waals surface area contributed by atoms with Crippen LogP contribution in [-0.4, -0.2) is 35.3 Å². The van der Waals surface area contributed by atoms with Crippen molar-refractivity contribution in [3.05, 3.63) is 64.7 Å². The fraction of sp³-hybridized carbons (Fsp3) is 0.286. The zero-order valence-corrected chi connectivity index (χ0v) is 16.4. The summed E-state index contributed by atoms with van der Waals surface area (Å²) >= 11 is 6.24. The standard InChI is InChI=1S/C21H20ClN3O3/c1-13-11-14-7-3-6-10-17(14)25(13)18(26)12-24-19(27)21(2,23-20(24)28)15-8-4-5-9-16(15)22/h3-10,13H,11-12H2,1-2H3,(H,23,28). The third kappa shape index (κ3) is 2.76. The molecule has 6 nitrogen and oxygen atoms in total. The summed E-state index contributed by atoms with van der Waals surface area (Å²) in [6, 6.07) is 13.9. The van der Waals surface area contributed by atoms with Crippen molar-refractivity contribution in [1.82, 2.24) is 10.2 Å². The van der Waals surface area contributed by atoms with Crippen LogP contribution in [0.4, 0.5) is 10.5 Å². The average molecular weight is 398 g/mol. The number of para-hydroxylation sites is 1. The Bertz CT molecular complexity index is 992. The van der Waals surface area contributed by atoms with Crippen molar-refractivity contribution in [2.75, 3.05) is 11.4 Å². The van der Waals surface area contributed by atoms with Gasteiger partial charge in [0.05, 0.1) is 0 Å². The first kappa shape index (κ1) is 18.5. The van der Waals surface area contributed by atoms with Crippen LogP contribution in [0.2, 0.25) is 5.02 Å². The highest BCUT2D eigenvalue weighted by Crippen LogP contribution is 2.35. The van der Waals surface area contributed by atoms with Gasteiger partial charge >= 0.3 is 6.03 Å². The monoisotopic (exact) mass is 397 g/mol. The topological polar surface area (TPSA) is 69.7 Å². The molecule has 28 heavy (non-hydrogen) atoms. The Labute approximate surface area is 168 Å². The molecule has 0 saturated carbocycles. The van der Waals surface area contributed by atoms with E-state index >= 15 is 0 Å². The maximum Gasteiger partial charge on any atom is 0.325 e. The van der Waals surface area contributed by atoms with E-state index in [2.05, 4.69) is 5.32 Å². The molecule has 0 spiro atoms. The van der Waals surface area contributed by atoms with Gasteiger partial charge in [-0.1, -0.05) is 48.0 Å². The number of carbonyl (C=O) groups excluding carboxylic acids is 3. The number of imide groups is 1. The summed E-state index contributed by atoms with van der Waals surface area (Å²) in [5, 5.41) is 3.08. The van der Waals surface area contributed by atoms with Crippen LogP contribution in [0.3, 0.4) is 0 Å². The molecule has 2 aromatic rings.